The summed E-state index contributed by atoms with van der Waals surface area (Å²) in [5.41, 5.74) is 2.24. The minimum Gasteiger partial charge on any atom is -0.407 e. The summed E-state index contributed by atoms with van der Waals surface area (Å²) in [6, 6.07) is 42.3. The summed E-state index contributed by atoms with van der Waals surface area (Å²) in [6.07, 6.45) is -0.210. The van der Waals surface area contributed by atoms with Crippen LogP contribution in [0.2, 0.25) is 5.04 Å². The van der Waals surface area contributed by atoms with Gasteiger partial charge in [0.2, 0.25) is 0 Å². The predicted octanol–water partition coefficient (Wildman–Crippen LogP) is 7.27. The number of benzene rings is 4. The molecule has 2 aliphatic rings. The van der Waals surface area contributed by atoms with E-state index in [-0.39, 0.29) is 35.4 Å². The van der Waals surface area contributed by atoms with Crippen LogP contribution in [0.25, 0.3) is 0 Å². The fourth-order valence-corrected chi connectivity index (χ4v) is 11.9. The van der Waals surface area contributed by atoms with Crippen LogP contribution in [-0.4, -0.2) is 45.1 Å². The first-order valence-electron chi connectivity index (χ1n) is 16.6. The van der Waals surface area contributed by atoms with Crippen molar-refractivity contribution in [3.63, 3.8) is 0 Å². The van der Waals surface area contributed by atoms with E-state index in [0.29, 0.717) is 19.8 Å². The van der Waals surface area contributed by atoms with Gasteiger partial charge in [-0.3, -0.25) is 0 Å². The van der Waals surface area contributed by atoms with Gasteiger partial charge in [-0.15, -0.1) is 0 Å². The smallest absolute Gasteiger partial charge is 0.261 e. The molecule has 1 saturated carbocycles. The maximum absolute atomic E-state index is 7.51. The molecule has 1 aliphatic heterocycles. The molecule has 6 heteroatoms. The zero-order valence-electron chi connectivity index (χ0n) is 27.8. The highest BCUT2D eigenvalue weighted by Crippen LogP contribution is 2.44. The number of ether oxygens (including phenoxy) is 4. The maximum atomic E-state index is 7.51. The van der Waals surface area contributed by atoms with Crippen molar-refractivity contribution in [1.82, 2.24) is 0 Å². The molecular weight excluding hydrogens is 589 g/mol. The lowest BCUT2D eigenvalue weighted by Gasteiger charge is -2.46. The Morgan fingerprint density at radius 3 is 1.59 bits per heavy atom. The van der Waals surface area contributed by atoms with Crippen molar-refractivity contribution >= 4 is 18.7 Å². The molecule has 5 atom stereocenters. The van der Waals surface area contributed by atoms with Crippen molar-refractivity contribution in [3.8, 4) is 0 Å². The summed E-state index contributed by atoms with van der Waals surface area (Å²) in [5, 5.41) is 2.40. The van der Waals surface area contributed by atoms with E-state index in [9.17, 15) is 0 Å². The molecule has 0 aromatic heterocycles. The quantitative estimate of drug-likeness (QED) is 0.162. The SMILES string of the molecule is CC1(C)O[C@@H]2[C@H](OCc3ccccc3)[C@H](OCc3ccccc3)[C@@H](CO[Si](c3ccccc3)(c3ccccc3)C(C)(C)C)C[C@@H]2O1. The van der Waals surface area contributed by atoms with Gasteiger partial charge in [0.25, 0.3) is 8.32 Å². The van der Waals surface area contributed by atoms with Gasteiger partial charge < -0.3 is 23.4 Å². The lowest BCUT2D eigenvalue weighted by Crippen LogP contribution is -2.67. The Morgan fingerprint density at radius 2 is 1.11 bits per heavy atom. The van der Waals surface area contributed by atoms with Gasteiger partial charge in [0.1, 0.15) is 12.2 Å². The van der Waals surface area contributed by atoms with Crippen LogP contribution >= 0.6 is 0 Å². The van der Waals surface area contributed by atoms with Crippen molar-refractivity contribution in [2.45, 2.75) is 89.5 Å². The van der Waals surface area contributed by atoms with E-state index in [4.69, 9.17) is 23.4 Å². The Kier molecular flexibility index (Phi) is 9.95. The largest absolute Gasteiger partial charge is 0.407 e. The second-order valence-corrected chi connectivity index (χ2v) is 18.4. The van der Waals surface area contributed by atoms with Crippen LogP contribution in [0.3, 0.4) is 0 Å². The minimum absolute atomic E-state index is 0.0184. The van der Waals surface area contributed by atoms with E-state index in [1.807, 2.05) is 38.1 Å². The van der Waals surface area contributed by atoms with Crippen LogP contribution in [-0.2, 0) is 36.6 Å². The standard InChI is InChI=1S/C40H48O5Si/c1-39(2,3)46(33-22-14-8-15-23-33,34-24-16-9-17-25-34)43-29-32-26-35-37(45-40(4,5)44-35)38(42-28-31-20-12-7-13-21-31)36(32)41-27-30-18-10-6-11-19-30/h6-25,32,35-38H,26-29H2,1-5H3/t32-,35+,36-,37+,38-/m1/s1. The average molecular weight is 637 g/mol. The molecule has 4 aromatic rings. The van der Waals surface area contributed by atoms with Gasteiger partial charge >= 0.3 is 0 Å². The molecule has 0 spiro atoms. The lowest BCUT2D eigenvalue weighted by atomic mass is 9.81. The highest BCUT2D eigenvalue weighted by molar-refractivity contribution is 6.99. The Labute approximate surface area is 276 Å². The van der Waals surface area contributed by atoms with Crippen LogP contribution in [0.5, 0.6) is 0 Å². The average Bonchev–Trinajstić information content (AvgIpc) is 3.38. The first-order valence-corrected chi connectivity index (χ1v) is 18.5. The highest BCUT2D eigenvalue weighted by atomic mass is 28.4. The fraction of sp³-hybridized carbons (Fsp3) is 0.400. The molecule has 0 radical (unpaired) electrons. The molecular formula is C40H48O5Si. The van der Waals surface area contributed by atoms with Gasteiger partial charge in [-0.05, 0) is 46.8 Å². The van der Waals surface area contributed by atoms with E-state index in [0.717, 1.165) is 17.5 Å². The molecule has 4 aromatic carbocycles. The first kappa shape index (κ1) is 32.8. The van der Waals surface area contributed by atoms with Crippen molar-refractivity contribution in [2.75, 3.05) is 6.61 Å². The second-order valence-electron chi connectivity index (χ2n) is 14.1. The summed E-state index contributed by atoms with van der Waals surface area (Å²) >= 11 is 0. The number of rotatable bonds is 11. The first-order chi connectivity index (χ1) is 22.2. The van der Waals surface area contributed by atoms with Crippen LogP contribution in [0, 0.1) is 5.92 Å². The molecule has 0 bridgehead atoms. The molecule has 6 rings (SSSR count). The van der Waals surface area contributed by atoms with Crippen LogP contribution in [0.15, 0.2) is 121 Å². The highest BCUT2D eigenvalue weighted by Gasteiger charge is 2.56. The minimum atomic E-state index is -2.77. The molecule has 0 amide bonds. The van der Waals surface area contributed by atoms with E-state index in [2.05, 4.69) is 118 Å². The van der Waals surface area contributed by atoms with E-state index < -0.39 is 14.1 Å². The Hall–Kier alpha value is -3.10. The topological polar surface area (TPSA) is 46.2 Å². The van der Waals surface area contributed by atoms with Gasteiger partial charge in [0.05, 0.1) is 25.4 Å². The van der Waals surface area contributed by atoms with Crippen molar-refractivity contribution in [2.24, 2.45) is 5.92 Å². The number of hydrogen-bond donors (Lipinski definition) is 0. The predicted molar refractivity (Wildman–Crippen MR) is 186 cm³/mol. The Bertz CT molecular complexity index is 1470. The molecule has 2 fully saturated rings. The molecule has 46 heavy (non-hydrogen) atoms. The third kappa shape index (κ3) is 7.08. The third-order valence-electron chi connectivity index (χ3n) is 9.37. The number of fused-ring (bicyclic) bond motifs is 1. The van der Waals surface area contributed by atoms with Gasteiger partial charge in [-0.2, -0.15) is 0 Å². The molecule has 242 valence electrons. The van der Waals surface area contributed by atoms with E-state index in [1.54, 1.807) is 0 Å². The summed E-state index contributed by atoms with van der Waals surface area (Å²) in [6.45, 7) is 12.4. The molecule has 0 N–H and O–H groups in total. The lowest BCUT2D eigenvalue weighted by molar-refractivity contribution is -0.192. The van der Waals surface area contributed by atoms with Crippen LogP contribution in [0.4, 0.5) is 0 Å². The van der Waals surface area contributed by atoms with E-state index >= 15 is 0 Å². The number of hydrogen-bond acceptors (Lipinski definition) is 5. The monoisotopic (exact) mass is 636 g/mol. The summed E-state index contributed by atoms with van der Waals surface area (Å²) in [5.74, 6) is -0.689. The zero-order chi connectivity index (χ0) is 32.2. The molecule has 1 heterocycles. The second kappa shape index (κ2) is 13.9. The van der Waals surface area contributed by atoms with Gasteiger partial charge in [0, 0.05) is 12.5 Å². The van der Waals surface area contributed by atoms with Crippen molar-refractivity contribution in [1.29, 1.82) is 0 Å². The third-order valence-corrected chi connectivity index (χ3v) is 14.4. The summed E-state index contributed by atoms with van der Waals surface area (Å²) in [7, 11) is -2.77. The Balaban J connectivity index is 1.37. The zero-order valence-corrected chi connectivity index (χ0v) is 28.8. The molecule has 1 saturated heterocycles. The normalized spacial score (nSPS) is 24.4. The molecule has 5 nitrogen and oxygen atoms in total. The maximum Gasteiger partial charge on any atom is 0.261 e. The molecule has 0 unspecified atom stereocenters. The molecule has 1 aliphatic carbocycles. The Morgan fingerprint density at radius 1 is 0.652 bits per heavy atom. The summed E-state index contributed by atoms with van der Waals surface area (Å²) in [4.78, 5) is 0. The summed E-state index contributed by atoms with van der Waals surface area (Å²) < 4.78 is 34.3. The fourth-order valence-electron chi connectivity index (χ4n) is 7.32. The van der Waals surface area contributed by atoms with Crippen LogP contribution < -0.4 is 10.4 Å². The van der Waals surface area contributed by atoms with Gasteiger partial charge in [-0.1, -0.05) is 142 Å². The van der Waals surface area contributed by atoms with Crippen molar-refractivity contribution in [3.05, 3.63) is 132 Å². The van der Waals surface area contributed by atoms with Gasteiger partial charge in [-0.25, -0.2) is 0 Å². The van der Waals surface area contributed by atoms with E-state index in [1.165, 1.54) is 10.4 Å². The van der Waals surface area contributed by atoms with Crippen LogP contribution in [0.1, 0.15) is 52.2 Å². The van der Waals surface area contributed by atoms with Gasteiger partial charge in [0.15, 0.2) is 5.79 Å². The van der Waals surface area contributed by atoms with Crippen molar-refractivity contribution < 1.29 is 23.4 Å².